The van der Waals surface area contributed by atoms with Crippen molar-refractivity contribution < 1.29 is 14.3 Å². The summed E-state index contributed by atoms with van der Waals surface area (Å²) in [5, 5.41) is 3.16. The van der Waals surface area contributed by atoms with E-state index in [9.17, 15) is 4.79 Å². The van der Waals surface area contributed by atoms with Gasteiger partial charge < -0.3 is 14.8 Å². The topological polar surface area (TPSA) is 60.5 Å². The number of rotatable bonds is 6. The fraction of sp³-hybridized carbons (Fsp3) is 0.176. The normalized spacial score (nSPS) is 9.43. The second-order valence-electron chi connectivity index (χ2n) is 4.33. The van der Waals surface area contributed by atoms with Crippen molar-refractivity contribution in [1.82, 2.24) is 10.3 Å². The molecule has 0 aliphatic carbocycles. The van der Waals surface area contributed by atoms with E-state index in [1.54, 1.807) is 36.7 Å². The zero-order chi connectivity index (χ0) is 16.3. The number of ether oxygens (including phenoxy) is 2. The molecule has 0 fully saturated rings. The largest absolute Gasteiger partial charge is 0.482 e. The molecule has 0 bridgehead atoms. The molecular formula is C17H15ClN2O3. The highest BCUT2D eigenvalue weighted by Crippen LogP contribution is 2.22. The van der Waals surface area contributed by atoms with E-state index in [4.69, 9.17) is 21.1 Å². The van der Waals surface area contributed by atoms with Gasteiger partial charge in [0.15, 0.2) is 6.61 Å². The molecule has 1 aromatic carbocycles. The molecule has 0 aliphatic heterocycles. The molecule has 0 aliphatic rings. The fourth-order valence-electron chi connectivity index (χ4n) is 1.56. The molecule has 0 radical (unpaired) electrons. The molecule has 6 heteroatoms. The van der Waals surface area contributed by atoms with E-state index < -0.39 is 0 Å². The van der Waals surface area contributed by atoms with Crippen LogP contribution in [0, 0.1) is 11.8 Å². The van der Waals surface area contributed by atoms with Crippen molar-refractivity contribution in [3.8, 4) is 23.3 Å². The molecule has 5 nitrogen and oxygen atoms in total. The van der Waals surface area contributed by atoms with Gasteiger partial charge in [0.25, 0.3) is 5.91 Å². The number of pyridine rings is 1. The van der Waals surface area contributed by atoms with Gasteiger partial charge >= 0.3 is 0 Å². The molecule has 0 spiro atoms. The van der Waals surface area contributed by atoms with Crippen molar-refractivity contribution in [2.75, 3.05) is 19.8 Å². The maximum Gasteiger partial charge on any atom is 0.258 e. The third kappa shape index (κ3) is 6.29. The standard InChI is InChI=1S/C17H15ClN2O3/c18-15-7-1-2-8-16(15)22-11-4-3-10-20-17(21)13-23-14-6-5-9-19-12-14/h1-2,5-9,12H,10-11,13H2,(H,20,21). The Balaban J connectivity index is 1.61. The van der Waals surface area contributed by atoms with Crippen molar-refractivity contribution in [3.63, 3.8) is 0 Å². The molecular weight excluding hydrogens is 316 g/mol. The lowest BCUT2D eigenvalue weighted by molar-refractivity contribution is -0.122. The summed E-state index contributed by atoms with van der Waals surface area (Å²) in [7, 11) is 0. The molecule has 0 saturated heterocycles. The van der Waals surface area contributed by atoms with Gasteiger partial charge in [0, 0.05) is 6.20 Å². The van der Waals surface area contributed by atoms with E-state index in [1.165, 1.54) is 0 Å². The van der Waals surface area contributed by atoms with Crippen molar-refractivity contribution in [3.05, 3.63) is 53.8 Å². The zero-order valence-corrected chi connectivity index (χ0v) is 13.0. The number of aromatic nitrogens is 1. The minimum atomic E-state index is -0.254. The van der Waals surface area contributed by atoms with Gasteiger partial charge in [-0.1, -0.05) is 35.6 Å². The van der Waals surface area contributed by atoms with Crippen LogP contribution in [0.2, 0.25) is 5.02 Å². The van der Waals surface area contributed by atoms with Crippen LogP contribution in [-0.4, -0.2) is 30.6 Å². The number of hydrogen-bond donors (Lipinski definition) is 1. The fourth-order valence-corrected chi connectivity index (χ4v) is 1.75. The summed E-state index contributed by atoms with van der Waals surface area (Å²) in [5.41, 5.74) is 0. The van der Waals surface area contributed by atoms with Gasteiger partial charge in [-0.3, -0.25) is 9.78 Å². The first-order valence-electron chi connectivity index (χ1n) is 6.88. The first-order valence-corrected chi connectivity index (χ1v) is 7.26. The Bertz CT molecular complexity index is 696. The number of halogens is 1. The average Bonchev–Trinajstić information content (AvgIpc) is 2.58. The van der Waals surface area contributed by atoms with Crippen molar-refractivity contribution in [2.24, 2.45) is 0 Å². The van der Waals surface area contributed by atoms with Gasteiger partial charge in [-0.15, -0.1) is 0 Å². The van der Waals surface area contributed by atoms with Gasteiger partial charge in [-0.25, -0.2) is 0 Å². The van der Waals surface area contributed by atoms with Crippen LogP contribution >= 0.6 is 11.6 Å². The minimum absolute atomic E-state index is 0.0799. The van der Waals surface area contributed by atoms with E-state index in [2.05, 4.69) is 22.1 Å². The summed E-state index contributed by atoms with van der Waals surface area (Å²) in [5.74, 6) is 6.45. The van der Waals surface area contributed by atoms with Crippen molar-refractivity contribution in [2.45, 2.75) is 0 Å². The number of nitrogens with zero attached hydrogens (tertiary/aromatic N) is 1. The van der Waals surface area contributed by atoms with Crippen LogP contribution in [0.5, 0.6) is 11.5 Å². The summed E-state index contributed by atoms with van der Waals surface area (Å²) in [6.07, 6.45) is 3.17. The van der Waals surface area contributed by atoms with Gasteiger partial charge in [0.2, 0.25) is 0 Å². The number of amides is 1. The van der Waals surface area contributed by atoms with Crippen LogP contribution in [-0.2, 0) is 4.79 Å². The second-order valence-corrected chi connectivity index (χ2v) is 4.73. The number of para-hydroxylation sites is 1. The molecule has 118 valence electrons. The second kappa shape index (κ2) is 9.34. The predicted octanol–water partition coefficient (Wildman–Crippen LogP) is 2.31. The monoisotopic (exact) mass is 330 g/mol. The Kier molecular flexibility index (Phi) is 6.76. The third-order valence-corrected chi connectivity index (χ3v) is 2.95. The Morgan fingerprint density at radius 3 is 2.83 bits per heavy atom. The summed E-state index contributed by atoms with van der Waals surface area (Å²) in [6, 6.07) is 10.6. The lowest BCUT2D eigenvalue weighted by atomic mass is 10.3. The SMILES string of the molecule is O=C(COc1cccnc1)NCC#CCOc1ccccc1Cl. The van der Waals surface area contributed by atoms with E-state index in [0.29, 0.717) is 16.5 Å². The van der Waals surface area contributed by atoms with E-state index in [1.807, 2.05) is 12.1 Å². The van der Waals surface area contributed by atoms with Gasteiger partial charge in [-0.2, -0.15) is 0 Å². The smallest absolute Gasteiger partial charge is 0.258 e. The third-order valence-electron chi connectivity index (χ3n) is 2.64. The maximum absolute atomic E-state index is 11.5. The van der Waals surface area contributed by atoms with Gasteiger partial charge in [-0.05, 0) is 24.3 Å². The van der Waals surface area contributed by atoms with Crippen LogP contribution in [0.4, 0.5) is 0 Å². The maximum atomic E-state index is 11.5. The zero-order valence-electron chi connectivity index (χ0n) is 12.3. The summed E-state index contributed by atoms with van der Waals surface area (Å²) in [6.45, 7) is 0.344. The molecule has 2 aromatic rings. The summed E-state index contributed by atoms with van der Waals surface area (Å²) < 4.78 is 10.7. The molecule has 1 heterocycles. The quantitative estimate of drug-likeness (QED) is 0.826. The van der Waals surface area contributed by atoms with Crippen LogP contribution < -0.4 is 14.8 Å². The number of carbonyl (C=O) groups is 1. The lowest BCUT2D eigenvalue weighted by Crippen LogP contribution is -2.29. The first kappa shape index (κ1) is 16.7. The molecule has 1 N–H and O–H groups in total. The van der Waals surface area contributed by atoms with Crippen molar-refractivity contribution >= 4 is 17.5 Å². The van der Waals surface area contributed by atoms with Crippen molar-refractivity contribution in [1.29, 1.82) is 0 Å². The number of nitrogens with one attached hydrogen (secondary N) is 1. The minimum Gasteiger partial charge on any atom is -0.482 e. The van der Waals surface area contributed by atoms with Crippen LogP contribution in [0.25, 0.3) is 0 Å². The predicted molar refractivity (Wildman–Crippen MR) is 87.5 cm³/mol. The Labute approximate surface area is 139 Å². The molecule has 2 rings (SSSR count). The average molecular weight is 331 g/mol. The van der Waals surface area contributed by atoms with E-state index in [0.717, 1.165) is 0 Å². The van der Waals surface area contributed by atoms with Gasteiger partial charge in [0.05, 0.1) is 17.8 Å². The van der Waals surface area contributed by atoms with Crippen LogP contribution in [0.3, 0.4) is 0 Å². The number of benzene rings is 1. The molecule has 0 saturated carbocycles. The number of hydrogen-bond acceptors (Lipinski definition) is 4. The molecule has 0 atom stereocenters. The highest BCUT2D eigenvalue weighted by molar-refractivity contribution is 6.32. The summed E-state index contributed by atoms with van der Waals surface area (Å²) in [4.78, 5) is 15.4. The van der Waals surface area contributed by atoms with Crippen LogP contribution in [0.1, 0.15) is 0 Å². The molecule has 23 heavy (non-hydrogen) atoms. The Morgan fingerprint density at radius 1 is 1.17 bits per heavy atom. The molecule has 1 aromatic heterocycles. The van der Waals surface area contributed by atoms with Gasteiger partial charge in [0.1, 0.15) is 18.1 Å². The molecule has 0 unspecified atom stereocenters. The molecule has 1 amide bonds. The Morgan fingerprint density at radius 2 is 2.04 bits per heavy atom. The van der Waals surface area contributed by atoms with E-state index in [-0.39, 0.29) is 25.7 Å². The highest BCUT2D eigenvalue weighted by atomic mass is 35.5. The van der Waals surface area contributed by atoms with E-state index >= 15 is 0 Å². The lowest BCUT2D eigenvalue weighted by Gasteiger charge is -2.04. The summed E-state index contributed by atoms with van der Waals surface area (Å²) >= 11 is 5.94. The highest BCUT2D eigenvalue weighted by Gasteiger charge is 2.00. The first-order chi connectivity index (χ1) is 11.3. The Hall–Kier alpha value is -2.71. The number of carbonyl (C=O) groups excluding carboxylic acids is 1. The van der Waals surface area contributed by atoms with Crippen LogP contribution in [0.15, 0.2) is 48.8 Å².